The van der Waals surface area contributed by atoms with Crippen molar-refractivity contribution < 1.29 is 19.1 Å². The SMILES string of the molecule is COc1ccc(NC(=O)CN(C)CC(=O)NC2CC2)cc1OC. The molecule has 0 unspecified atom stereocenters. The molecular formula is C16H23N3O4. The van der Waals surface area contributed by atoms with Crippen LogP contribution in [0.2, 0.25) is 0 Å². The van der Waals surface area contributed by atoms with E-state index in [-0.39, 0.29) is 24.9 Å². The average molecular weight is 321 g/mol. The molecule has 1 saturated carbocycles. The molecule has 1 aromatic carbocycles. The van der Waals surface area contributed by atoms with E-state index < -0.39 is 0 Å². The zero-order valence-corrected chi connectivity index (χ0v) is 13.7. The van der Waals surface area contributed by atoms with Gasteiger partial charge in [-0.25, -0.2) is 0 Å². The molecule has 0 aromatic heterocycles. The van der Waals surface area contributed by atoms with Crippen LogP contribution >= 0.6 is 0 Å². The van der Waals surface area contributed by atoms with E-state index in [2.05, 4.69) is 10.6 Å². The molecule has 1 aliphatic rings. The maximum atomic E-state index is 12.0. The highest BCUT2D eigenvalue weighted by Crippen LogP contribution is 2.29. The number of nitrogens with zero attached hydrogens (tertiary/aromatic N) is 1. The Hall–Kier alpha value is -2.28. The van der Waals surface area contributed by atoms with E-state index in [1.807, 2.05) is 0 Å². The number of methoxy groups -OCH3 is 2. The van der Waals surface area contributed by atoms with Gasteiger partial charge in [0.05, 0.1) is 27.3 Å². The molecule has 2 rings (SSSR count). The molecule has 0 spiro atoms. The van der Waals surface area contributed by atoms with Crippen molar-refractivity contribution in [3.8, 4) is 11.5 Å². The number of benzene rings is 1. The van der Waals surface area contributed by atoms with Gasteiger partial charge in [-0.3, -0.25) is 14.5 Å². The van der Waals surface area contributed by atoms with Gasteiger partial charge in [-0.15, -0.1) is 0 Å². The van der Waals surface area contributed by atoms with Crippen LogP contribution in [0, 0.1) is 0 Å². The van der Waals surface area contributed by atoms with Gasteiger partial charge in [-0.1, -0.05) is 0 Å². The topological polar surface area (TPSA) is 79.9 Å². The third-order valence-corrected chi connectivity index (χ3v) is 3.44. The van der Waals surface area contributed by atoms with E-state index in [0.29, 0.717) is 23.2 Å². The van der Waals surface area contributed by atoms with Crippen LogP contribution in [0.15, 0.2) is 18.2 Å². The number of anilines is 1. The second-order valence-electron chi connectivity index (χ2n) is 5.63. The van der Waals surface area contributed by atoms with Crippen molar-refractivity contribution in [1.29, 1.82) is 0 Å². The highest BCUT2D eigenvalue weighted by Gasteiger charge is 2.23. The summed E-state index contributed by atoms with van der Waals surface area (Å²) >= 11 is 0. The van der Waals surface area contributed by atoms with Gasteiger partial charge in [0.25, 0.3) is 0 Å². The summed E-state index contributed by atoms with van der Waals surface area (Å²) < 4.78 is 10.3. The predicted molar refractivity (Wildman–Crippen MR) is 86.8 cm³/mol. The molecule has 7 nitrogen and oxygen atoms in total. The molecule has 1 aromatic rings. The van der Waals surface area contributed by atoms with E-state index in [1.165, 1.54) is 7.11 Å². The molecule has 7 heteroatoms. The van der Waals surface area contributed by atoms with E-state index in [9.17, 15) is 9.59 Å². The fourth-order valence-corrected chi connectivity index (χ4v) is 2.16. The molecule has 126 valence electrons. The Morgan fingerprint density at radius 2 is 1.78 bits per heavy atom. The Morgan fingerprint density at radius 1 is 1.13 bits per heavy atom. The van der Waals surface area contributed by atoms with Crippen molar-refractivity contribution in [2.24, 2.45) is 0 Å². The molecule has 0 aliphatic heterocycles. The van der Waals surface area contributed by atoms with Crippen LogP contribution in [0.1, 0.15) is 12.8 Å². The number of hydrogen-bond donors (Lipinski definition) is 2. The van der Waals surface area contributed by atoms with Crippen molar-refractivity contribution in [3.05, 3.63) is 18.2 Å². The minimum Gasteiger partial charge on any atom is -0.493 e. The highest BCUT2D eigenvalue weighted by atomic mass is 16.5. The molecule has 0 bridgehead atoms. The highest BCUT2D eigenvalue weighted by molar-refractivity contribution is 5.93. The van der Waals surface area contributed by atoms with Gasteiger partial charge >= 0.3 is 0 Å². The summed E-state index contributed by atoms with van der Waals surface area (Å²) in [5, 5.41) is 5.67. The summed E-state index contributed by atoms with van der Waals surface area (Å²) in [7, 11) is 4.83. The maximum Gasteiger partial charge on any atom is 0.238 e. The first-order chi connectivity index (χ1) is 11.0. The molecule has 23 heavy (non-hydrogen) atoms. The smallest absolute Gasteiger partial charge is 0.238 e. The van der Waals surface area contributed by atoms with Gasteiger partial charge < -0.3 is 20.1 Å². The molecular weight excluding hydrogens is 298 g/mol. The zero-order chi connectivity index (χ0) is 16.8. The van der Waals surface area contributed by atoms with Crippen molar-refractivity contribution in [3.63, 3.8) is 0 Å². The number of rotatable bonds is 8. The van der Waals surface area contributed by atoms with Crippen LogP contribution < -0.4 is 20.1 Å². The number of nitrogens with one attached hydrogen (secondary N) is 2. The minimum atomic E-state index is -0.195. The molecule has 1 aliphatic carbocycles. The van der Waals surface area contributed by atoms with E-state index in [4.69, 9.17) is 9.47 Å². The van der Waals surface area contributed by atoms with Crippen molar-refractivity contribution >= 4 is 17.5 Å². The first kappa shape index (κ1) is 17.1. The molecule has 2 amide bonds. The lowest BCUT2D eigenvalue weighted by Gasteiger charge is -2.16. The molecule has 1 fully saturated rings. The Bertz CT molecular complexity index is 572. The van der Waals surface area contributed by atoms with Crippen molar-refractivity contribution in [1.82, 2.24) is 10.2 Å². The molecule has 0 heterocycles. The van der Waals surface area contributed by atoms with Crippen LogP contribution in [-0.4, -0.2) is 57.1 Å². The van der Waals surface area contributed by atoms with E-state index in [0.717, 1.165) is 12.8 Å². The zero-order valence-electron chi connectivity index (χ0n) is 13.7. The Kier molecular flexibility index (Phi) is 5.81. The van der Waals surface area contributed by atoms with Crippen LogP contribution in [0.3, 0.4) is 0 Å². The number of amides is 2. The Morgan fingerprint density at radius 3 is 2.39 bits per heavy atom. The largest absolute Gasteiger partial charge is 0.493 e. The normalized spacial score (nSPS) is 13.6. The monoisotopic (exact) mass is 321 g/mol. The summed E-state index contributed by atoms with van der Waals surface area (Å²) in [5.41, 5.74) is 0.614. The summed E-state index contributed by atoms with van der Waals surface area (Å²) in [5.74, 6) is 0.898. The lowest BCUT2D eigenvalue weighted by atomic mass is 10.2. The lowest BCUT2D eigenvalue weighted by Crippen LogP contribution is -2.39. The fourth-order valence-electron chi connectivity index (χ4n) is 2.16. The van der Waals surface area contributed by atoms with E-state index in [1.54, 1.807) is 37.3 Å². The number of ether oxygens (including phenoxy) is 2. The maximum absolute atomic E-state index is 12.0. The van der Waals surface area contributed by atoms with Crippen LogP contribution in [0.5, 0.6) is 11.5 Å². The van der Waals surface area contributed by atoms with Crippen molar-refractivity contribution in [2.45, 2.75) is 18.9 Å². The molecule has 2 N–H and O–H groups in total. The van der Waals surface area contributed by atoms with E-state index >= 15 is 0 Å². The first-order valence-electron chi connectivity index (χ1n) is 7.51. The lowest BCUT2D eigenvalue weighted by molar-refractivity contribution is -0.123. The summed E-state index contributed by atoms with van der Waals surface area (Å²) in [6.07, 6.45) is 2.10. The number of likely N-dealkylation sites (N-methyl/N-ethyl adjacent to an activating group) is 1. The summed E-state index contributed by atoms with van der Waals surface area (Å²) in [6.45, 7) is 0.336. The minimum absolute atomic E-state index is 0.0473. The third kappa shape index (κ3) is 5.45. The summed E-state index contributed by atoms with van der Waals surface area (Å²) in [4.78, 5) is 25.4. The van der Waals surface area contributed by atoms with Gasteiger partial charge in [-0.05, 0) is 32.0 Å². The average Bonchev–Trinajstić information content (AvgIpc) is 3.30. The van der Waals surface area contributed by atoms with Crippen LogP contribution in [0.25, 0.3) is 0 Å². The van der Waals surface area contributed by atoms with Gasteiger partial charge in [-0.2, -0.15) is 0 Å². The fraction of sp³-hybridized carbons (Fsp3) is 0.500. The Labute approximate surface area is 135 Å². The van der Waals surface area contributed by atoms with Crippen LogP contribution in [-0.2, 0) is 9.59 Å². The van der Waals surface area contributed by atoms with Gasteiger partial charge in [0.2, 0.25) is 11.8 Å². The Balaban J connectivity index is 1.82. The number of carbonyl (C=O) groups excluding carboxylic acids is 2. The quantitative estimate of drug-likeness (QED) is 0.742. The van der Waals surface area contributed by atoms with Crippen molar-refractivity contribution in [2.75, 3.05) is 39.7 Å². The summed E-state index contributed by atoms with van der Waals surface area (Å²) in [6, 6.07) is 5.48. The molecule has 0 atom stereocenters. The third-order valence-electron chi connectivity index (χ3n) is 3.44. The molecule has 0 radical (unpaired) electrons. The number of hydrogen-bond acceptors (Lipinski definition) is 5. The predicted octanol–water partition coefficient (Wildman–Crippen LogP) is 0.853. The first-order valence-corrected chi connectivity index (χ1v) is 7.51. The number of carbonyl (C=O) groups is 2. The standard InChI is InChI=1S/C16H23N3O4/c1-19(9-15(20)17-11-4-5-11)10-16(21)18-12-6-7-13(22-2)14(8-12)23-3/h6-8,11H,4-5,9-10H2,1-3H3,(H,17,20)(H,18,21). The molecule has 0 saturated heterocycles. The van der Waals surface area contributed by atoms with Crippen LogP contribution in [0.4, 0.5) is 5.69 Å². The second kappa shape index (κ2) is 7.82. The van der Waals surface area contributed by atoms with Gasteiger partial charge in [0.1, 0.15) is 0 Å². The van der Waals surface area contributed by atoms with Gasteiger partial charge in [0, 0.05) is 17.8 Å². The van der Waals surface area contributed by atoms with Gasteiger partial charge in [0.15, 0.2) is 11.5 Å². The second-order valence-corrected chi connectivity index (χ2v) is 5.63.